The minimum Gasteiger partial charge on any atom is -0.395 e. The number of hydrogen-bond donors (Lipinski definition) is 2. The van der Waals surface area contributed by atoms with E-state index in [4.69, 9.17) is 5.73 Å². The van der Waals surface area contributed by atoms with Gasteiger partial charge in [0.25, 0.3) is 0 Å². The summed E-state index contributed by atoms with van der Waals surface area (Å²) in [6.45, 7) is 1.37. The van der Waals surface area contributed by atoms with E-state index in [1.165, 1.54) is 12.1 Å². The molecule has 0 heterocycles. The lowest BCUT2D eigenvalue weighted by Crippen LogP contribution is -2.17. The first-order valence-corrected chi connectivity index (χ1v) is 8.88. The quantitative estimate of drug-likeness (QED) is 0.841. The van der Waals surface area contributed by atoms with Gasteiger partial charge in [-0.25, -0.2) is 8.42 Å². The summed E-state index contributed by atoms with van der Waals surface area (Å²) in [7, 11) is -3.27. The number of carbonyl (C=O) groups is 1. The van der Waals surface area contributed by atoms with Crippen molar-refractivity contribution in [2.24, 2.45) is 5.73 Å². The Bertz CT molecular complexity index is 798. The van der Waals surface area contributed by atoms with Crippen LogP contribution in [0.5, 0.6) is 0 Å². The van der Waals surface area contributed by atoms with Crippen LogP contribution in [0.2, 0.25) is 0 Å². The number of primary amides is 1. The van der Waals surface area contributed by atoms with Crippen molar-refractivity contribution >= 4 is 15.7 Å². The predicted molar refractivity (Wildman–Crippen MR) is 88.1 cm³/mol. The minimum absolute atomic E-state index is 0.0281. The number of rotatable bonds is 6. The molecule has 122 valence electrons. The molecule has 5 nitrogen and oxygen atoms in total. The molecular formula is C17H19NO4S. The number of carbonyl (C=O) groups excluding carboxylic acids is 1. The topological polar surface area (TPSA) is 97.5 Å². The van der Waals surface area contributed by atoms with Gasteiger partial charge in [-0.2, -0.15) is 0 Å². The minimum atomic E-state index is -3.27. The van der Waals surface area contributed by atoms with E-state index in [2.05, 4.69) is 0 Å². The van der Waals surface area contributed by atoms with Crippen molar-refractivity contribution < 1.29 is 18.3 Å². The molecular weight excluding hydrogens is 314 g/mol. The molecule has 1 atom stereocenters. The smallest absolute Gasteiger partial charge is 0.249 e. The molecule has 0 saturated heterocycles. The fraction of sp³-hybridized carbons (Fsp3) is 0.235. The normalized spacial score (nSPS) is 12.8. The molecule has 3 N–H and O–H groups in total. The van der Waals surface area contributed by atoms with E-state index >= 15 is 0 Å². The van der Waals surface area contributed by atoms with Gasteiger partial charge in [0.2, 0.25) is 5.91 Å². The van der Waals surface area contributed by atoms with Gasteiger partial charge >= 0.3 is 0 Å². The zero-order valence-corrected chi connectivity index (χ0v) is 13.6. The van der Waals surface area contributed by atoms with E-state index in [0.717, 1.165) is 5.56 Å². The van der Waals surface area contributed by atoms with Crippen molar-refractivity contribution in [3.05, 3.63) is 65.2 Å². The van der Waals surface area contributed by atoms with Gasteiger partial charge in [0.1, 0.15) is 0 Å². The summed E-state index contributed by atoms with van der Waals surface area (Å²) in [6, 6.07) is 13.2. The van der Waals surface area contributed by atoms with E-state index in [1.54, 1.807) is 43.3 Å². The van der Waals surface area contributed by atoms with Gasteiger partial charge in [0.15, 0.2) is 9.84 Å². The monoisotopic (exact) mass is 333 g/mol. The number of hydrogen-bond acceptors (Lipinski definition) is 4. The fourth-order valence-electron chi connectivity index (χ4n) is 2.48. The largest absolute Gasteiger partial charge is 0.395 e. The number of aliphatic hydroxyl groups is 1. The second-order valence-corrected chi connectivity index (χ2v) is 7.44. The summed E-state index contributed by atoms with van der Waals surface area (Å²) in [6.07, 6.45) is 0. The van der Waals surface area contributed by atoms with Gasteiger partial charge in [-0.1, -0.05) is 37.3 Å². The highest BCUT2D eigenvalue weighted by Gasteiger charge is 2.20. The molecule has 6 heteroatoms. The van der Waals surface area contributed by atoms with Crippen LogP contribution in [-0.2, 0) is 9.84 Å². The van der Waals surface area contributed by atoms with Crippen LogP contribution >= 0.6 is 0 Å². The molecule has 0 spiro atoms. The average molecular weight is 333 g/mol. The lowest BCUT2D eigenvalue weighted by atomic mass is 9.88. The summed E-state index contributed by atoms with van der Waals surface area (Å²) in [5.41, 5.74) is 7.07. The molecule has 2 aromatic rings. The summed E-state index contributed by atoms with van der Waals surface area (Å²) < 4.78 is 23.7. The number of aliphatic hydroxyl groups excluding tert-OH is 1. The Morgan fingerprint density at radius 3 is 2.26 bits per heavy atom. The van der Waals surface area contributed by atoms with Crippen molar-refractivity contribution in [2.45, 2.75) is 17.7 Å². The Labute approximate surface area is 135 Å². The van der Waals surface area contributed by atoms with Crippen LogP contribution in [0, 0.1) is 0 Å². The van der Waals surface area contributed by atoms with Gasteiger partial charge in [-0.05, 0) is 29.3 Å². The molecule has 0 aromatic heterocycles. The standard InChI is InChI=1S/C17H19NO4S/c1-2-23(21,22)13-9-7-12(8-10-13)16(11-19)14-5-3-4-6-15(14)17(18)20/h3-10,16,19H,2,11H2,1H3,(H2,18,20)/t16-/m0/s1. The van der Waals surface area contributed by atoms with Crippen LogP contribution in [0.3, 0.4) is 0 Å². The van der Waals surface area contributed by atoms with Crippen molar-refractivity contribution in [3.8, 4) is 0 Å². The first kappa shape index (κ1) is 17.2. The van der Waals surface area contributed by atoms with Crippen LogP contribution in [0.4, 0.5) is 0 Å². The molecule has 0 unspecified atom stereocenters. The molecule has 0 bridgehead atoms. The molecule has 0 aliphatic heterocycles. The zero-order chi connectivity index (χ0) is 17.0. The molecule has 2 aromatic carbocycles. The van der Waals surface area contributed by atoms with Gasteiger partial charge in [0.05, 0.1) is 17.3 Å². The van der Waals surface area contributed by atoms with Crippen molar-refractivity contribution in [1.82, 2.24) is 0 Å². The molecule has 23 heavy (non-hydrogen) atoms. The Morgan fingerprint density at radius 2 is 1.74 bits per heavy atom. The van der Waals surface area contributed by atoms with Gasteiger partial charge < -0.3 is 10.8 Å². The molecule has 0 aliphatic carbocycles. The average Bonchev–Trinajstić information content (AvgIpc) is 2.56. The summed E-state index contributed by atoms with van der Waals surface area (Å²) >= 11 is 0. The maximum atomic E-state index is 11.9. The highest BCUT2D eigenvalue weighted by Crippen LogP contribution is 2.28. The third-order valence-electron chi connectivity index (χ3n) is 3.81. The van der Waals surface area contributed by atoms with Crippen LogP contribution in [0.25, 0.3) is 0 Å². The Kier molecular flexibility index (Phi) is 5.18. The number of amides is 1. The highest BCUT2D eigenvalue weighted by atomic mass is 32.2. The maximum absolute atomic E-state index is 11.9. The molecule has 0 radical (unpaired) electrons. The van der Waals surface area contributed by atoms with E-state index < -0.39 is 21.7 Å². The summed E-state index contributed by atoms with van der Waals surface area (Å²) in [5.74, 6) is -0.985. The lowest BCUT2D eigenvalue weighted by Gasteiger charge is -2.18. The van der Waals surface area contributed by atoms with Crippen LogP contribution in [0.1, 0.15) is 34.3 Å². The molecule has 2 rings (SSSR count). The SMILES string of the molecule is CCS(=O)(=O)c1ccc([C@H](CO)c2ccccc2C(N)=O)cc1. The van der Waals surface area contributed by atoms with Gasteiger partial charge in [0, 0.05) is 11.5 Å². The van der Waals surface area contributed by atoms with Crippen molar-refractivity contribution in [3.63, 3.8) is 0 Å². The number of sulfone groups is 1. The maximum Gasteiger partial charge on any atom is 0.249 e. The first-order valence-electron chi connectivity index (χ1n) is 7.23. The molecule has 0 saturated carbocycles. The van der Waals surface area contributed by atoms with Crippen LogP contribution < -0.4 is 5.73 Å². The Morgan fingerprint density at radius 1 is 1.13 bits per heavy atom. The number of nitrogens with two attached hydrogens (primary N) is 1. The summed E-state index contributed by atoms with van der Waals surface area (Å²) in [4.78, 5) is 11.8. The molecule has 0 fully saturated rings. The summed E-state index contributed by atoms with van der Waals surface area (Å²) in [5, 5.41) is 9.74. The predicted octanol–water partition coefficient (Wildman–Crippen LogP) is 1.70. The third kappa shape index (κ3) is 3.60. The second-order valence-electron chi connectivity index (χ2n) is 5.16. The fourth-order valence-corrected chi connectivity index (χ4v) is 3.37. The van der Waals surface area contributed by atoms with Crippen LogP contribution in [-0.4, -0.2) is 31.8 Å². The number of benzene rings is 2. The van der Waals surface area contributed by atoms with Gasteiger partial charge in [-0.15, -0.1) is 0 Å². The second kappa shape index (κ2) is 6.93. The van der Waals surface area contributed by atoms with E-state index in [-0.39, 0.29) is 17.3 Å². The van der Waals surface area contributed by atoms with E-state index in [9.17, 15) is 18.3 Å². The highest BCUT2D eigenvalue weighted by molar-refractivity contribution is 7.91. The molecule has 0 aliphatic rings. The first-order chi connectivity index (χ1) is 10.9. The van der Waals surface area contributed by atoms with Gasteiger partial charge in [-0.3, -0.25) is 4.79 Å². The molecule has 1 amide bonds. The zero-order valence-electron chi connectivity index (χ0n) is 12.8. The third-order valence-corrected chi connectivity index (χ3v) is 5.56. The van der Waals surface area contributed by atoms with E-state index in [1.807, 2.05) is 0 Å². The Balaban J connectivity index is 2.45. The van der Waals surface area contributed by atoms with E-state index in [0.29, 0.717) is 11.1 Å². The van der Waals surface area contributed by atoms with Crippen LogP contribution in [0.15, 0.2) is 53.4 Å². The van der Waals surface area contributed by atoms with Crippen molar-refractivity contribution in [2.75, 3.05) is 12.4 Å². The lowest BCUT2D eigenvalue weighted by molar-refractivity contribution is 0.0999. The van der Waals surface area contributed by atoms with Crippen molar-refractivity contribution in [1.29, 1.82) is 0 Å². The Hall–Kier alpha value is -2.18.